The predicted octanol–water partition coefficient (Wildman–Crippen LogP) is 2.36. The van der Waals surface area contributed by atoms with E-state index in [4.69, 9.17) is 14.3 Å². The average molecular weight is 376 g/mol. The van der Waals surface area contributed by atoms with Crippen molar-refractivity contribution >= 4 is 11.6 Å². The maximum atomic E-state index is 13.3. The highest BCUT2D eigenvalue weighted by Crippen LogP contribution is 2.40. The van der Waals surface area contributed by atoms with E-state index in [0.717, 1.165) is 11.3 Å². The van der Waals surface area contributed by atoms with E-state index in [2.05, 4.69) is 5.16 Å². The van der Waals surface area contributed by atoms with Gasteiger partial charge in [-0.1, -0.05) is 17.3 Å². The van der Waals surface area contributed by atoms with Crippen LogP contribution in [-0.2, 0) is 19.1 Å². The van der Waals surface area contributed by atoms with Crippen LogP contribution in [0.15, 0.2) is 29.4 Å². The highest BCUT2D eigenvalue weighted by Gasteiger charge is 2.45. The molecular formula is C20H25FN2O4. The Morgan fingerprint density at radius 3 is 2.48 bits per heavy atom. The molecule has 1 atom stereocenters. The van der Waals surface area contributed by atoms with E-state index in [-0.39, 0.29) is 17.8 Å². The molecule has 0 N–H and O–H groups in total. The van der Waals surface area contributed by atoms with E-state index < -0.39 is 5.41 Å². The molecule has 0 saturated carbocycles. The van der Waals surface area contributed by atoms with Crippen molar-refractivity contribution in [3.05, 3.63) is 35.6 Å². The number of amides is 1. The second kappa shape index (κ2) is 7.94. The third-order valence-electron chi connectivity index (χ3n) is 5.73. The summed E-state index contributed by atoms with van der Waals surface area (Å²) in [6.07, 6.45) is 2.52. The van der Waals surface area contributed by atoms with Crippen molar-refractivity contribution in [1.82, 2.24) is 4.90 Å². The molecule has 27 heavy (non-hydrogen) atoms. The molecule has 0 unspecified atom stereocenters. The molecule has 3 aliphatic heterocycles. The van der Waals surface area contributed by atoms with Crippen LogP contribution in [0.2, 0.25) is 0 Å². The van der Waals surface area contributed by atoms with Crippen LogP contribution in [0.4, 0.5) is 4.39 Å². The number of hydrogen-bond acceptors (Lipinski definition) is 5. The van der Waals surface area contributed by atoms with E-state index in [9.17, 15) is 9.18 Å². The monoisotopic (exact) mass is 376 g/mol. The van der Waals surface area contributed by atoms with Crippen molar-refractivity contribution < 1.29 is 23.5 Å². The predicted molar refractivity (Wildman–Crippen MR) is 96.9 cm³/mol. The molecule has 0 radical (unpaired) electrons. The van der Waals surface area contributed by atoms with E-state index >= 15 is 0 Å². The van der Waals surface area contributed by atoms with Crippen LogP contribution in [0.25, 0.3) is 0 Å². The highest BCUT2D eigenvalue weighted by atomic mass is 19.1. The number of benzene rings is 1. The molecule has 7 heteroatoms. The minimum Gasteiger partial charge on any atom is -0.392 e. The number of carbonyl (C=O) groups is 1. The van der Waals surface area contributed by atoms with E-state index in [1.807, 2.05) is 4.90 Å². The second-order valence-electron chi connectivity index (χ2n) is 7.48. The van der Waals surface area contributed by atoms with Crippen LogP contribution < -0.4 is 0 Å². The van der Waals surface area contributed by atoms with E-state index in [1.54, 1.807) is 12.1 Å². The molecule has 6 nitrogen and oxygen atoms in total. The standard InChI is InChI=1S/C20H25FN2O4/c21-16-3-1-15(2-4-16)18-13-17(27-22-18)14-20(5-9-25-10-6-20)19(24)23-7-11-26-12-8-23/h1-4,17H,5-14H2/t17-/m0/s1. The first-order valence-electron chi connectivity index (χ1n) is 9.60. The van der Waals surface area contributed by atoms with Gasteiger partial charge in [-0.3, -0.25) is 4.79 Å². The SMILES string of the molecule is O=C(N1CCOCC1)C1(C[C@@H]2CC(c3ccc(F)cc3)=NO2)CCOCC1. The quantitative estimate of drug-likeness (QED) is 0.810. The fourth-order valence-corrected chi connectivity index (χ4v) is 4.16. The molecule has 146 valence electrons. The number of morpholine rings is 1. The fraction of sp³-hybridized carbons (Fsp3) is 0.600. The van der Waals surface area contributed by atoms with Crippen molar-refractivity contribution in [1.29, 1.82) is 0 Å². The van der Waals surface area contributed by atoms with Gasteiger partial charge in [0.25, 0.3) is 0 Å². The van der Waals surface area contributed by atoms with Crippen molar-refractivity contribution in [2.75, 3.05) is 39.5 Å². The normalized spacial score (nSPS) is 25.0. The Hall–Kier alpha value is -1.99. The Balaban J connectivity index is 1.45. The van der Waals surface area contributed by atoms with Crippen LogP contribution in [0.5, 0.6) is 0 Å². The molecule has 2 saturated heterocycles. The van der Waals surface area contributed by atoms with Gasteiger partial charge in [0.05, 0.1) is 24.3 Å². The Labute approximate surface area is 158 Å². The minimum atomic E-state index is -0.464. The van der Waals surface area contributed by atoms with Crippen molar-refractivity contribution in [3.63, 3.8) is 0 Å². The molecule has 3 aliphatic rings. The number of nitrogens with zero attached hydrogens (tertiary/aromatic N) is 2. The lowest BCUT2D eigenvalue weighted by molar-refractivity contribution is -0.155. The van der Waals surface area contributed by atoms with Gasteiger partial charge in [-0.2, -0.15) is 0 Å². The molecular weight excluding hydrogens is 351 g/mol. The lowest BCUT2D eigenvalue weighted by Gasteiger charge is -2.41. The maximum absolute atomic E-state index is 13.3. The number of rotatable bonds is 4. The highest BCUT2D eigenvalue weighted by molar-refractivity contribution is 6.01. The zero-order chi connectivity index (χ0) is 18.7. The number of ether oxygens (including phenoxy) is 2. The number of carbonyl (C=O) groups excluding carboxylic acids is 1. The van der Waals surface area contributed by atoms with Crippen molar-refractivity contribution in [2.45, 2.75) is 31.8 Å². The Morgan fingerprint density at radius 1 is 1.11 bits per heavy atom. The number of oxime groups is 1. The molecule has 0 bridgehead atoms. The molecule has 0 spiro atoms. The molecule has 3 heterocycles. The minimum absolute atomic E-state index is 0.145. The van der Waals surface area contributed by atoms with Crippen LogP contribution in [-0.4, -0.2) is 62.1 Å². The van der Waals surface area contributed by atoms with Gasteiger partial charge in [0.15, 0.2) is 0 Å². The fourth-order valence-electron chi connectivity index (χ4n) is 4.16. The van der Waals surface area contributed by atoms with Gasteiger partial charge in [-0.05, 0) is 30.5 Å². The van der Waals surface area contributed by atoms with Crippen LogP contribution >= 0.6 is 0 Å². The summed E-state index contributed by atoms with van der Waals surface area (Å²) in [7, 11) is 0. The molecule has 0 aliphatic carbocycles. The summed E-state index contributed by atoms with van der Waals surface area (Å²) in [5.74, 6) is -0.0833. The zero-order valence-electron chi connectivity index (χ0n) is 15.4. The largest absolute Gasteiger partial charge is 0.392 e. The van der Waals surface area contributed by atoms with Crippen LogP contribution in [0.3, 0.4) is 0 Å². The third-order valence-corrected chi connectivity index (χ3v) is 5.73. The topological polar surface area (TPSA) is 60.4 Å². The van der Waals surface area contributed by atoms with Gasteiger partial charge in [-0.15, -0.1) is 0 Å². The average Bonchev–Trinajstić information content (AvgIpc) is 3.17. The number of hydrogen-bond donors (Lipinski definition) is 0. The van der Waals surface area contributed by atoms with Gasteiger partial charge in [0.2, 0.25) is 5.91 Å². The molecule has 1 amide bonds. The molecule has 2 fully saturated rings. The number of halogens is 1. The summed E-state index contributed by atoms with van der Waals surface area (Å²) in [4.78, 5) is 20.9. The summed E-state index contributed by atoms with van der Waals surface area (Å²) in [5, 5.41) is 4.20. The van der Waals surface area contributed by atoms with E-state index in [0.29, 0.717) is 65.2 Å². The van der Waals surface area contributed by atoms with Gasteiger partial charge in [0.1, 0.15) is 11.9 Å². The lowest BCUT2D eigenvalue weighted by atomic mass is 9.73. The zero-order valence-corrected chi connectivity index (χ0v) is 15.4. The Kier molecular flexibility index (Phi) is 5.41. The van der Waals surface area contributed by atoms with Gasteiger partial charge < -0.3 is 19.2 Å². The molecule has 0 aromatic heterocycles. The summed E-state index contributed by atoms with van der Waals surface area (Å²) in [6.45, 7) is 3.66. The summed E-state index contributed by atoms with van der Waals surface area (Å²) in [6, 6.07) is 6.27. The van der Waals surface area contributed by atoms with Gasteiger partial charge in [-0.25, -0.2) is 4.39 Å². The third kappa shape index (κ3) is 3.99. The molecule has 1 aromatic rings. The first-order chi connectivity index (χ1) is 13.2. The Bertz CT molecular complexity index is 694. The van der Waals surface area contributed by atoms with Crippen molar-refractivity contribution in [3.8, 4) is 0 Å². The maximum Gasteiger partial charge on any atom is 0.229 e. The first-order valence-corrected chi connectivity index (χ1v) is 9.60. The lowest BCUT2D eigenvalue weighted by Crippen LogP contribution is -2.51. The summed E-state index contributed by atoms with van der Waals surface area (Å²) >= 11 is 0. The molecule has 1 aromatic carbocycles. The smallest absolute Gasteiger partial charge is 0.229 e. The second-order valence-corrected chi connectivity index (χ2v) is 7.48. The van der Waals surface area contributed by atoms with Crippen LogP contribution in [0.1, 0.15) is 31.2 Å². The first kappa shape index (κ1) is 18.4. The van der Waals surface area contributed by atoms with Crippen molar-refractivity contribution in [2.24, 2.45) is 10.6 Å². The molecule has 4 rings (SSSR count). The van der Waals surface area contributed by atoms with E-state index in [1.165, 1.54) is 12.1 Å². The summed E-state index contributed by atoms with van der Waals surface area (Å²) < 4.78 is 24.1. The van der Waals surface area contributed by atoms with Gasteiger partial charge >= 0.3 is 0 Å². The Morgan fingerprint density at radius 2 is 1.78 bits per heavy atom. The van der Waals surface area contributed by atoms with Crippen LogP contribution in [0, 0.1) is 11.2 Å². The van der Waals surface area contributed by atoms with Gasteiger partial charge in [0, 0.05) is 39.1 Å². The summed E-state index contributed by atoms with van der Waals surface area (Å²) in [5.41, 5.74) is 1.20.